The molecule has 0 aliphatic rings. The van der Waals surface area contributed by atoms with Crippen LogP contribution in [0.15, 0.2) is 43.5 Å². The van der Waals surface area contributed by atoms with Gasteiger partial charge >= 0.3 is 0 Å². The third kappa shape index (κ3) is 3.43. The van der Waals surface area contributed by atoms with Gasteiger partial charge < -0.3 is 10.6 Å². The predicted molar refractivity (Wildman–Crippen MR) is 82.2 cm³/mol. The van der Waals surface area contributed by atoms with Gasteiger partial charge in [-0.3, -0.25) is 9.59 Å². The van der Waals surface area contributed by atoms with Crippen LogP contribution >= 0.6 is 11.6 Å². The monoisotopic (exact) mass is 302 g/mol. The molecule has 2 rings (SSSR count). The number of nitrogens with zero attached hydrogens (tertiary/aromatic N) is 2. The molecule has 21 heavy (non-hydrogen) atoms. The van der Waals surface area contributed by atoms with Crippen molar-refractivity contribution in [3.05, 3.63) is 48.5 Å². The molecule has 0 spiro atoms. The average Bonchev–Trinajstić information content (AvgIpc) is 2.47. The van der Waals surface area contributed by atoms with Crippen molar-refractivity contribution in [3.63, 3.8) is 0 Å². The number of carbonyl (C=O) groups is 2. The van der Waals surface area contributed by atoms with Crippen molar-refractivity contribution in [2.24, 2.45) is 0 Å². The zero-order valence-electron chi connectivity index (χ0n) is 10.9. The van der Waals surface area contributed by atoms with Gasteiger partial charge in [0.25, 0.3) is 0 Å². The minimum atomic E-state index is -0.472. The van der Waals surface area contributed by atoms with E-state index in [0.717, 1.165) is 12.2 Å². The molecule has 106 valence electrons. The second-order valence-corrected chi connectivity index (χ2v) is 4.38. The summed E-state index contributed by atoms with van der Waals surface area (Å²) in [6.45, 7) is 6.71. The fourth-order valence-electron chi connectivity index (χ4n) is 1.54. The molecule has 0 aliphatic heterocycles. The van der Waals surface area contributed by atoms with Gasteiger partial charge in [0.1, 0.15) is 0 Å². The van der Waals surface area contributed by atoms with Crippen LogP contribution in [-0.4, -0.2) is 21.8 Å². The van der Waals surface area contributed by atoms with Crippen LogP contribution in [0.2, 0.25) is 5.02 Å². The Labute approximate surface area is 125 Å². The van der Waals surface area contributed by atoms with E-state index in [0.29, 0.717) is 16.1 Å². The van der Waals surface area contributed by atoms with Crippen LogP contribution in [0.5, 0.6) is 0 Å². The Morgan fingerprint density at radius 3 is 2.05 bits per heavy atom. The molecule has 2 aromatic rings. The van der Waals surface area contributed by atoms with E-state index in [1.54, 1.807) is 18.2 Å². The number of hydrogen-bond donors (Lipinski definition) is 2. The molecule has 0 unspecified atom stereocenters. The molecule has 0 saturated carbocycles. The first-order valence-corrected chi connectivity index (χ1v) is 6.25. The van der Waals surface area contributed by atoms with Gasteiger partial charge in [0.2, 0.25) is 11.8 Å². The van der Waals surface area contributed by atoms with Crippen LogP contribution < -0.4 is 10.6 Å². The standard InChI is InChI=1S/C14H11ClN4O2/c1-3-11(20)18-13-14(19-12(21)4-2)17-10-7-8(15)5-6-9(10)16-13/h3-7H,1-2H2,(H,16,18,20)(H,17,19,21). The van der Waals surface area contributed by atoms with Gasteiger partial charge in [-0.05, 0) is 30.4 Å². The Morgan fingerprint density at radius 2 is 1.52 bits per heavy atom. The van der Waals surface area contributed by atoms with Crippen LogP contribution in [-0.2, 0) is 9.59 Å². The van der Waals surface area contributed by atoms with Gasteiger partial charge in [0, 0.05) is 5.02 Å². The lowest BCUT2D eigenvalue weighted by molar-refractivity contribution is -0.112. The van der Waals surface area contributed by atoms with Gasteiger partial charge in [0.05, 0.1) is 11.0 Å². The lowest BCUT2D eigenvalue weighted by atomic mass is 10.3. The molecule has 0 saturated heterocycles. The summed E-state index contributed by atoms with van der Waals surface area (Å²) in [6, 6.07) is 4.92. The highest BCUT2D eigenvalue weighted by Gasteiger charge is 2.12. The van der Waals surface area contributed by atoms with Crippen molar-refractivity contribution in [2.45, 2.75) is 0 Å². The molecule has 2 amide bonds. The highest BCUT2D eigenvalue weighted by molar-refractivity contribution is 6.31. The van der Waals surface area contributed by atoms with E-state index in [1.165, 1.54) is 0 Å². The van der Waals surface area contributed by atoms with Crippen LogP contribution in [0.4, 0.5) is 11.6 Å². The fraction of sp³-hybridized carbons (Fsp3) is 0. The van der Waals surface area contributed by atoms with Crippen LogP contribution in [0.25, 0.3) is 11.0 Å². The molecular weight excluding hydrogens is 292 g/mol. The number of benzene rings is 1. The molecule has 2 N–H and O–H groups in total. The summed E-state index contributed by atoms with van der Waals surface area (Å²) in [5.74, 6) is -0.721. The molecule has 7 heteroatoms. The van der Waals surface area contributed by atoms with Gasteiger partial charge in [-0.2, -0.15) is 0 Å². The van der Waals surface area contributed by atoms with Crippen molar-refractivity contribution in [2.75, 3.05) is 10.6 Å². The molecule has 0 atom stereocenters. The number of carbonyl (C=O) groups excluding carboxylic acids is 2. The van der Waals surface area contributed by atoms with Crippen LogP contribution in [0.1, 0.15) is 0 Å². The molecule has 6 nitrogen and oxygen atoms in total. The van der Waals surface area contributed by atoms with E-state index in [4.69, 9.17) is 11.6 Å². The second-order valence-electron chi connectivity index (χ2n) is 3.94. The number of anilines is 2. The van der Waals surface area contributed by atoms with Crippen molar-refractivity contribution in [1.29, 1.82) is 0 Å². The van der Waals surface area contributed by atoms with Gasteiger partial charge in [-0.1, -0.05) is 24.8 Å². The first-order chi connectivity index (χ1) is 10.0. The summed E-state index contributed by atoms with van der Waals surface area (Å²) in [6.07, 6.45) is 2.18. The smallest absolute Gasteiger partial charge is 0.249 e. The Bertz CT molecular complexity index is 758. The van der Waals surface area contributed by atoms with E-state index in [1.807, 2.05) is 0 Å². The van der Waals surface area contributed by atoms with Crippen molar-refractivity contribution in [1.82, 2.24) is 9.97 Å². The van der Waals surface area contributed by atoms with Crippen molar-refractivity contribution >= 4 is 46.1 Å². The summed E-state index contributed by atoms with van der Waals surface area (Å²) >= 11 is 5.90. The van der Waals surface area contributed by atoms with Crippen LogP contribution in [0.3, 0.4) is 0 Å². The molecular formula is C14H11ClN4O2. The third-order valence-corrected chi connectivity index (χ3v) is 2.72. The minimum Gasteiger partial charge on any atom is -0.304 e. The quantitative estimate of drug-likeness (QED) is 0.850. The van der Waals surface area contributed by atoms with Crippen molar-refractivity contribution < 1.29 is 9.59 Å². The summed E-state index contributed by atoms with van der Waals surface area (Å²) in [5.41, 5.74) is 1.01. The van der Waals surface area contributed by atoms with Gasteiger partial charge in [0.15, 0.2) is 11.6 Å². The predicted octanol–water partition coefficient (Wildman–Crippen LogP) is 2.53. The summed E-state index contributed by atoms with van der Waals surface area (Å²) in [4.78, 5) is 31.3. The molecule has 1 aromatic heterocycles. The largest absolute Gasteiger partial charge is 0.304 e. The zero-order valence-corrected chi connectivity index (χ0v) is 11.6. The molecule has 0 fully saturated rings. The maximum Gasteiger partial charge on any atom is 0.249 e. The third-order valence-electron chi connectivity index (χ3n) is 2.48. The Kier molecular flexibility index (Phi) is 4.30. The number of halogens is 1. The SMILES string of the molecule is C=CC(=O)Nc1nc2ccc(Cl)cc2nc1NC(=O)C=C. The van der Waals surface area contributed by atoms with Gasteiger partial charge in [-0.25, -0.2) is 9.97 Å². The maximum absolute atomic E-state index is 11.4. The maximum atomic E-state index is 11.4. The molecule has 1 aromatic carbocycles. The summed E-state index contributed by atoms with van der Waals surface area (Å²) in [7, 11) is 0. The molecule has 0 aliphatic carbocycles. The van der Waals surface area contributed by atoms with E-state index in [2.05, 4.69) is 33.8 Å². The summed E-state index contributed by atoms with van der Waals surface area (Å²) < 4.78 is 0. The number of fused-ring (bicyclic) bond motifs is 1. The van der Waals surface area contributed by atoms with E-state index >= 15 is 0 Å². The second kappa shape index (κ2) is 6.15. The van der Waals surface area contributed by atoms with E-state index in [-0.39, 0.29) is 11.6 Å². The number of amides is 2. The number of nitrogens with one attached hydrogen (secondary N) is 2. The first-order valence-electron chi connectivity index (χ1n) is 5.87. The minimum absolute atomic E-state index is 0.102. The first kappa shape index (κ1) is 14.7. The normalized spacial score (nSPS) is 9.95. The zero-order chi connectivity index (χ0) is 15.4. The Morgan fingerprint density at radius 1 is 1.00 bits per heavy atom. The lowest BCUT2D eigenvalue weighted by Crippen LogP contribution is -2.16. The van der Waals surface area contributed by atoms with Crippen molar-refractivity contribution in [3.8, 4) is 0 Å². The number of rotatable bonds is 4. The molecule has 0 radical (unpaired) electrons. The Hall–Kier alpha value is -2.73. The molecule has 1 heterocycles. The Balaban J connectivity index is 2.55. The van der Waals surface area contributed by atoms with Crippen LogP contribution in [0, 0.1) is 0 Å². The topological polar surface area (TPSA) is 84.0 Å². The number of hydrogen-bond acceptors (Lipinski definition) is 4. The lowest BCUT2D eigenvalue weighted by Gasteiger charge is -2.10. The average molecular weight is 303 g/mol. The molecule has 0 bridgehead atoms. The highest BCUT2D eigenvalue weighted by Crippen LogP contribution is 2.23. The highest BCUT2D eigenvalue weighted by atomic mass is 35.5. The fourth-order valence-corrected chi connectivity index (χ4v) is 1.70. The van der Waals surface area contributed by atoms with E-state index < -0.39 is 11.8 Å². The number of aromatic nitrogens is 2. The summed E-state index contributed by atoms with van der Waals surface area (Å²) in [5, 5.41) is 5.45. The van der Waals surface area contributed by atoms with E-state index in [9.17, 15) is 9.59 Å². The van der Waals surface area contributed by atoms with Gasteiger partial charge in [-0.15, -0.1) is 0 Å².